The summed E-state index contributed by atoms with van der Waals surface area (Å²) < 4.78 is 0. The lowest BCUT2D eigenvalue weighted by Gasteiger charge is -2.03. The van der Waals surface area contributed by atoms with Crippen LogP contribution in [0.4, 0.5) is 0 Å². The van der Waals surface area contributed by atoms with Gasteiger partial charge in [-0.05, 0) is 6.21 Å². The van der Waals surface area contributed by atoms with E-state index in [-0.39, 0.29) is 11.8 Å². The molecule has 1 amide bonds. The summed E-state index contributed by atoms with van der Waals surface area (Å²) in [6, 6.07) is 0. The third-order valence-electron chi connectivity index (χ3n) is 0.958. The van der Waals surface area contributed by atoms with Gasteiger partial charge in [-0.2, -0.15) is 0 Å². The molecule has 0 fully saturated rings. The number of rotatable bonds is 3. The molecular weight excluding hydrogens is 116 g/mol. The Morgan fingerprint density at radius 1 is 1.89 bits per heavy atom. The predicted octanol–water partition coefficient (Wildman–Crippen LogP) is 0.408. The molecule has 0 saturated carbocycles. The van der Waals surface area contributed by atoms with E-state index in [2.05, 4.69) is 5.32 Å². The zero-order chi connectivity index (χ0) is 7.28. The van der Waals surface area contributed by atoms with Gasteiger partial charge in [0.2, 0.25) is 5.91 Å². The molecular formula is C6H12N2O. The lowest BCUT2D eigenvalue weighted by atomic mass is 10.2. The van der Waals surface area contributed by atoms with Crippen LogP contribution in [0.15, 0.2) is 0 Å². The molecule has 0 saturated heterocycles. The number of nitrogens with one attached hydrogen (secondary N) is 2. The van der Waals surface area contributed by atoms with Crippen molar-refractivity contribution in [1.82, 2.24) is 5.32 Å². The van der Waals surface area contributed by atoms with Gasteiger partial charge in [0.1, 0.15) is 0 Å². The SMILES string of the molecule is CC(=O)NCC(C)C=N. The van der Waals surface area contributed by atoms with Gasteiger partial charge in [0.05, 0.1) is 0 Å². The third kappa shape index (κ3) is 5.00. The van der Waals surface area contributed by atoms with Gasteiger partial charge >= 0.3 is 0 Å². The van der Waals surface area contributed by atoms with Crippen molar-refractivity contribution in [2.24, 2.45) is 5.92 Å². The lowest BCUT2D eigenvalue weighted by molar-refractivity contribution is -0.119. The molecule has 0 aliphatic rings. The van der Waals surface area contributed by atoms with Crippen LogP contribution in [-0.2, 0) is 4.79 Å². The molecule has 0 rings (SSSR count). The average molecular weight is 128 g/mol. The fourth-order valence-electron chi connectivity index (χ4n) is 0.364. The van der Waals surface area contributed by atoms with Crippen molar-refractivity contribution in [2.45, 2.75) is 13.8 Å². The topological polar surface area (TPSA) is 53.0 Å². The molecule has 0 bridgehead atoms. The minimum Gasteiger partial charge on any atom is -0.356 e. The molecule has 0 radical (unpaired) electrons. The molecule has 0 aliphatic carbocycles. The minimum atomic E-state index is -0.0382. The summed E-state index contributed by atoms with van der Waals surface area (Å²) in [5.74, 6) is 0.109. The Balaban J connectivity index is 3.26. The van der Waals surface area contributed by atoms with Gasteiger partial charge < -0.3 is 10.7 Å². The fourth-order valence-corrected chi connectivity index (χ4v) is 0.364. The van der Waals surface area contributed by atoms with E-state index in [1.165, 1.54) is 13.1 Å². The quantitative estimate of drug-likeness (QED) is 0.531. The largest absolute Gasteiger partial charge is 0.356 e. The highest BCUT2D eigenvalue weighted by molar-refractivity contribution is 5.73. The van der Waals surface area contributed by atoms with Crippen LogP contribution >= 0.6 is 0 Å². The summed E-state index contributed by atoms with van der Waals surface area (Å²) in [6.07, 6.45) is 1.32. The van der Waals surface area contributed by atoms with Crippen molar-refractivity contribution < 1.29 is 4.79 Å². The maximum atomic E-state index is 10.3. The maximum Gasteiger partial charge on any atom is 0.216 e. The molecule has 0 aromatic heterocycles. The van der Waals surface area contributed by atoms with Crippen molar-refractivity contribution in [2.75, 3.05) is 6.54 Å². The molecule has 1 atom stereocenters. The zero-order valence-corrected chi connectivity index (χ0v) is 5.77. The Morgan fingerprint density at radius 2 is 2.44 bits per heavy atom. The molecule has 0 aliphatic heterocycles. The molecule has 2 N–H and O–H groups in total. The van der Waals surface area contributed by atoms with E-state index in [1.807, 2.05) is 6.92 Å². The highest BCUT2D eigenvalue weighted by Crippen LogP contribution is 1.83. The van der Waals surface area contributed by atoms with E-state index in [9.17, 15) is 4.79 Å². The van der Waals surface area contributed by atoms with Crippen LogP contribution in [0, 0.1) is 11.3 Å². The van der Waals surface area contributed by atoms with Crippen molar-refractivity contribution in [1.29, 1.82) is 5.41 Å². The molecule has 9 heavy (non-hydrogen) atoms. The van der Waals surface area contributed by atoms with Crippen molar-refractivity contribution >= 4 is 12.1 Å². The second-order valence-electron chi connectivity index (χ2n) is 2.08. The average Bonchev–Trinajstić information content (AvgIpc) is 1.83. The Kier molecular flexibility index (Phi) is 3.67. The Labute approximate surface area is 55.0 Å². The number of hydrogen-bond acceptors (Lipinski definition) is 2. The van der Waals surface area contributed by atoms with Crippen LogP contribution in [0.25, 0.3) is 0 Å². The summed E-state index contributed by atoms with van der Waals surface area (Å²) in [5, 5.41) is 9.38. The molecule has 0 aromatic carbocycles. The van der Waals surface area contributed by atoms with Crippen LogP contribution in [-0.4, -0.2) is 18.7 Å². The zero-order valence-electron chi connectivity index (χ0n) is 5.77. The monoisotopic (exact) mass is 128 g/mol. The standard InChI is InChI=1S/C6H12N2O/c1-5(3-7)4-8-6(2)9/h3,5,7H,4H2,1-2H3,(H,8,9). The van der Waals surface area contributed by atoms with E-state index in [0.717, 1.165) is 0 Å². The first-order valence-corrected chi connectivity index (χ1v) is 2.92. The van der Waals surface area contributed by atoms with Crippen LogP contribution in [0.1, 0.15) is 13.8 Å². The predicted molar refractivity (Wildman–Crippen MR) is 36.6 cm³/mol. The van der Waals surface area contributed by atoms with Crippen molar-refractivity contribution in [3.8, 4) is 0 Å². The summed E-state index contributed by atoms with van der Waals surface area (Å²) in [4.78, 5) is 10.3. The van der Waals surface area contributed by atoms with Gasteiger partial charge in [-0.3, -0.25) is 4.79 Å². The van der Waals surface area contributed by atoms with E-state index in [0.29, 0.717) is 6.54 Å². The Bertz CT molecular complexity index is 112. The number of carbonyl (C=O) groups is 1. The van der Waals surface area contributed by atoms with E-state index < -0.39 is 0 Å². The van der Waals surface area contributed by atoms with Gasteiger partial charge in [-0.15, -0.1) is 0 Å². The van der Waals surface area contributed by atoms with E-state index in [1.54, 1.807) is 0 Å². The van der Waals surface area contributed by atoms with Gasteiger partial charge in [0, 0.05) is 19.4 Å². The van der Waals surface area contributed by atoms with E-state index >= 15 is 0 Å². The molecule has 0 aromatic rings. The van der Waals surface area contributed by atoms with Gasteiger partial charge in [0.25, 0.3) is 0 Å². The summed E-state index contributed by atoms with van der Waals surface area (Å²) in [6.45, 7) is 3.92. The number of amides is 1. The van der Waals surface area contributed by atoms with Crippen LogP contribution < -0.4 is 5.32 Å². The first-order valence-electron chi connectivity index (χ1n) is 2.92. The van der Waals surface area contributed by atoms with Crippen LogP contribution in [0.2, 0.25) is 0 Å². The van der Waals surface area contributed by atoms with Crippen molar-refractivity contribution in [3.05, 3.63) is 0 Å². The summed E-state index contributed by atoms with van der Waals surface area (Å²) >= 11 is 0. The highest BCUT2D eigenvalue weighted by Gasteiger charge is 1.95. The molecule has 1 unspecified atom stereocenters. The van der Waals surface area contributed by atoms with Gasteiger partial charge in [0.15, 0.2) is 0 Å². The minimum absolute atomic E-state index is 0.0382. The van der Waals surface area contributed by atoms with Gasteiger partial charge in [-0.25, -0.2) is 0 Å². The fraction of sp³-hybridized carbons (Fsp3) is 0.667. The van der Waals surface area contributed by atoms with Crippen LogP contribution in [0.5, 0.6) is 0 Å². The Morgan fingerprint density at radius 3 is 2.78 bits per heavy atom. The summed E-state index contributed by atoms with van der Waals surface area (Å²) in [7, 11) is 0. The first kappa shape index (κ1) is 8.14. The molecule has 52 valence electrons. The number of hydrogen-bond donors (Lipinski definition) is 2. The van der Waals surface area contributed by atoms with E-state index in [4.69, 9.17) is 5.41 Å². The molecule has 0 heterocycles. The normalized spacial score (nSPS) is 12.2. The van der Waals surface area contributed by atoms with Gasteiger partial charge in [-0.1, -0.05) is 6.92 Å². The lowest BCUT2D eigenvalue weighted by Crippen LogP contribution is -2.25. The molecule has 0 spiro atoms. The smallest absolute Gasteiger partial charge is 0.216 e. The molecule has 3 heteroatoms. The Hall–Kier alpha value is -0.860. The van der Waals surface area contributed by atoms with Crippen molar-refractivity contribution in [3.63, 3.8) is 0 Å². The number of carbonyl (C=O) groups excluding carboxylic acids is 1. The maximum absolute atomic E-state index is 10.3. The first-order chi connectivity index (χ1) is 4.16. The highest BCUT2D eigenvalue weighted by atomic mass is 16.1. The second-order valence-corrected chi connectivity index (χ2v) is 2.08. The van der Waals surface area contributed by atoms with Crippen LogP contribution in [0.3, 0.4) is 0 Å². The molecule has 3 nitrogen and oxygen atoms in total. The summed E-state index contributed by atoms with van der Waals surface area (Å²) in [5.41, 5.74) is 0. The second kappa shape index (κ2) is 4.06. The third-order valence-corrected chi connectivity index (χ3v) is 0.958.